The standard InChI is InChI=1S/C20H29N5/c1-2-21-20(24-18-9-5-3-6-10-18)22-14-13-17-15-23-25(16-17)19-11-7-4-8-12-19/h4,7-8,11-12,15-16,18H,2-3,5-6,9-10,13-14H2,1H3,(H2,21,22,24). The summed E-state index contributed by atoms with van der Waals surface area (Å²) in [5, 5.41) is 11.4. The number of aromatic nitrogens is 2. The molecule has 25 heavy (non-hydrogen) atoms. The second-order valence-electron chi connectivity index (χ2n) is 6.62. The molecule has 1 aromatic heterocycles. The van der Waals surface area contributed by atoms with Crippen molar-refractivity contribution in [2.75, 3.05) is 13.1 Å². The van der Waals surface area contributed by atoms with Gasteiger partial charge in [-0.25, -0.2) is 4.68 Å². The van der Waals surface area contributed by atoms with E-state index in [1.807, 2.05) is 29.1 Å². The van der Waals surface area contributed by atoms with Crippen LogP contribution < -0.4 is 10.6 Å². The van der Waals surface area contributed by atoms with Crippen LogP contribution in [-0.2, 0) is 6.42 Å². The van der Waals surface area contributed by atoms with E-state index in [1.54, 1.807) is 0 Å². The summed E-state index contributed by atoms with van der Waals surface area (Å²) in [5.74, 6) is 0.949. The third-order valence-corrected chi connectivity index (χ3v) is 4.62. The number of guanidine groups is 1. The van der Waals surface area contributed by atoms with Crippen LogP contribution >= 0.6 is 0 Å². The van der Waals surface area contributed by atoms with Crippen LogP contribution in [0.3, 0.4) is 0 Å². The molecular weight excluding hydrogens is 310 g/mol. The van der Waals surface area contributed by atoms with E-state index in [0.717, 1.165) is 31.2 Å². The molecule has 0 atom stereocenters. The van der Waals surface area contributed by atoms with Crippen LogP contribution in [0.4, 0.5) is 0 Å². The van der Waals surface area contributed by atoms with Gasteiger partial charge in [-0.15, -0.1) is 0 Å². The molecule has 134 valence electrons. The summed E-state index contributed by atoms with van der Waals surface area (Å²) in [5.41, 5.74) is 2.30. The minimum Gasteiger partial charge on any atom is -0.357 e. The fraction of sp³-hybridized carbons (Fsp3) is 0.500. The van der Waals surface area contributed by atoms with Crippen molar-refractivity contribution in [3.05, 3.63) is 48.3 Å². The van der Waals surface area contributed by atoms with E-state index in [0.29, 0.717) is 6.04 Å². The van der Waals surface area contributed by atoms with E-state index in [1.165, 1.54) is 37.7 Å². The number of rotatable bonds is 6. The summed E-state index contributed by atoms with van der Waals surface area (Å²) in [6.07, 6.45) is 11.5. The normalized spacial score (nSPS) is 16.0. The van der Waals surface area contributed by atoms with E-state index < -0.39 is 0 Å². The van der Waals surface area contributed by atoms with E-state index in [-0.39, 0.29) is 0 Å². The van der Waals surface area contributed by atoms with Crippen LogP contribution in [-0.4, -0.2) is 34.9 Å². The molecule has 0 aliphatic heterocycles. The van der Waals surface area contributed by atoms with Crippen molar-refractivity contribution in [3.8, 4) is 5.69 Å². The Balaban J connectivity index is 1.53. The van der Waals surface area contributed by atoms with Gasteiger partial charge in [0.1, 0.15) is 0 Å². The zero-order valence-corrected chi connectivity index (χ0v) is 15.1. The average Bonchev–Trinajstić information content (AvgIpc) is 3.12. The third-order valence-electron chi connectivity index (χ3n) is 4.62. The Hall–Kier alpha value is -2.30. The van der Waals surface area contributed by atoms with Gasteiger partial charge in [0.25, 0.3) is 0 Å². The molecule has 1 fully saturated rings. The molecule has 1 saturated carbocycles. The van der Waals surface area contributed by atoms with Crippen molar-refractivity contribution in [3.63, 3.8) is 0 Å². The number of benzene rings is 1. The second-order valence-corrected chi connectivity index (χ2v) is 6.62. The van der Waals surface area contributed by atoms with Gasteiger partial charge in [0.05, 0.1) is 11.9 Å². The van der Waals surface area contributed by atoms with E-state index in [9.17, 15) is 0 Å². The third kappa shape index (κ3) is 5.34. The van der Waals surface area contributed by atoms with Crippen molar-refractivity contribution in [1.29, 1.82) is 0 Å². The summed E-state index contributed by atoms with van der Waals surface area (Å²) >= 11 is 0. The minimum absolute atomic E-state index is 0.576. The van der Waals surface area contributed by atoms with Crippen LogP contribution in [0.1, 0.15) is 44.6 Å². The summed E-state index contributed by atoms with van der Waals surface area (Å²) in [7, 11) is 0. The van der Waals surface area contributed by atoms with E-state index >= 15 is 0 Å². The first-order valence-corrected chi connectivity index (χ1v) is 9.49. The number of aliphatic imine (C=N–C) groups is 1. The lowest BCUT2D eigenvalue weighted by Crippen LogP contribution is -2.44. The highest BCUT2D eigenvalue weighted by atomic mass is 15.3. The van der Waals surface area contributed by atoms with Gasteiger partial charge in [0.2, 0.25) is 0 Å². The lowest BCUT2D eigenvalue weighted by atomic mass is 9.96. The highest BCUT2D eigenvalue weighted by Gasteiger charge is 2.14. The summed E-state index contributed by atoms with van der Waals surface area (Å²) in [4.78, 5) is 4.74. The molecule has 0 spiro atoms. The summed E-state index contributed by atoms with van der Waals surface area (Å²) in [6, 6.07) is 10.8. The van der Waals surface area contributed by atoms with Crippen molar-refractivity contribution in [2.24, 2.45) is 4.99 Å². The topological polar surface area (TPSA) is 54.2 Å². The smallest absolute Gasteiger partial charge is 0.191 e. The van der Waals surface area contributed by atoms with Crippen LogP contribution in [0.25, 0.3) is 5.69 Å². The molecule has 5 heteroatoms. The number of hydrogen-bond acceptors (Lipinski definition) is 2. The fourth-order valence-corrected chi connectivity index (χ4v) is 3.27. The average molecular weight is 339 g/mol. The monoisotopic (exact) mass is 339 g/mol. The Morgan fingerprint density at radius 2 is 2.00 bits per heavy atom. The highest BCUT2D eigenvalue weighted by Crippen LogP contribution is 2.17. The highest BCUT2D eigenvalue weighted by molar-refractivity contribution is 5.80. The maximum Gasteiger partial charge on any atom is 0.191 e. The zero-order valence-electron chi connectivity index (χ0n) is 15.1. The van der Waals surface area contributed by atoms with Crippen molar-refractivity contribution >= 4 is 5.96 Å². The molecule has 2 aromatic rings. The number of para-hydroxylation sites is 1. The van der Waals surface area contributed by atoms with Crippen molar-refractivity contribution < 1.29 is 0 Å². The lowest BCUT2D eigenvalue weighted by Gasteiger charge is -2.24. The molecule has 0 saturated heterocycles. The molecule has 1 heterocycles. The van der Waals surface area contributed by atoms with E-state index in [2.05, 4.69) is 41.0 Å². The van der Waals surface area contributed by atoms with Crippen LogP contribution in [0, 0.1) is 0 Å². The molecule has 1 aliphatic carbocycles. The lowest BCUT2D eigenvalue weighted by molar-refractivity contribution is 0.410. The second kappa shape index (κ2) is 9.25. The quantitative estimate of drug-likeness (QED) is 0.627. The number of hydrogen-bond donors (Lipinski definition) is 2. The molecule has 2 N–H and O–H groups in total. The maximum absolute atomic E-state index is 4.74. The SMILES string of the molecule is CCNC(=NCCc1cnn(-c2ccccc2)c1)NC1CCCCC1. The first kappa shape index (κ1) is 17.5. The van der Waals surface area contributed by atoms with E-state index in [4.69, 9.17) is 4.99 Å². The first-order valence-electron chi connectivity index (χ1n) is 9.49. The van der Waals surface area contributed by atoms with Gasteiger partial charge < -0.3 is 10.6 Å². The Labute approximate surface area is 150 Å². The van der Waals surface area contributed by atoms with Gasteiger partial charge in [0, 0.05) is 25.3 Å². The molecule has 1 aromatic carbocycles. The van der Waals surface area contributed by atoms with Gasteiger partial charge in [0.15, 0.2) is 5.96 Å². The van der Waals surface area contributed by atoms with Gasteiger partial charge >= 0.3 is 0 Å². The Morgan fingerprint density at radius 1 is 1.20 bits per heavy atom. The van der Waals surface area contributed by atoms with Gasteiger partial charge in [-0.2, -0.15) is 5.10 Å². The maximum atomic E-state index is 4.74. The molecule has 0 unspecified atom stereocenters. The molecule has 0 bridgehead atoms. The molecular formula is C20H29N5. The van der Waals surface area contributed by atoms with Gasteiger partial charge in [-0.05, 0) is 43.9 Å². The number of nitrogens with zero attached hydrogens (tertiary/aromatic N) is 3. The Bertz CT molecular complexity index is 656. The van der Waals surface area contributed by atoms with Crippen LogP contribution in [0.5, 0.6) is 0 Å². The van der Waals surface area contributed by atoms with Gasteiger partial charge in [-0.1, -0.05) is 37.5 Å². The van der Waals surface area contributed by atoms with Gasteiger partial charge in [-0.3, -0.25) is 4.99 Å². The minimum atomic E-state index is 0.576. The molecule has 0 amide bonds. The molecule has 3 rings (SSSR count). The largest absolute Gasteiger partial charge is 0.357 e. The zero-order chi connectivity index (χ0) is 17.3. The van der Waals surface area contributed by atoms with Crippen LogP contribution in [0.2, 0.25) is 0 Å². The predicted molar refractivity (Wildman–Crippen MR) is 103 cm³/mol. The Morgan fingerprint density at radius 3 is 2.76 bits per heavy atom. The van der Waals surface area contributed by atoms with Crippen molar-refractivity contribution in [2.45, 2.75) is 51.5 Å². The van der Waals surface area contributed by atoms with Crippen LogP contribution in [0.15, 0.2) is 47.7 Å². The first-order chi connectivity index (χ1) is 12.3. The summed E-state index contributed by atoms with van der Waals surface area (Å²) in [6.45, 7) is 3.77. The predicted octanol–water partition coefficient (Wildman–Crippen LogP) is 3.30. The number of nitrogens with one attached hydrogen (secondary N) is 2. The van der Waals surface area contributed by atoms with Crippen molar-refractivity contribution in [1.82, 2.24) is 20.4 Å². The molecule has 5 nitrogen and oxygen atoms in total. The molecule has 1 aliphatic rings. The molecule has 0 radical (unpaired) electrons. The summed E-state index contributed by atoms with van der Waals surface area (Å²) < 4.78 is 1.92. The Kier molecular flexibility index (Phi) is 6.48. The fourth-order valence-electron chi connectivity index (χ4n) is 3.27.